The maximum Gasteiger partial charge on any atom is 0.413 e. The molecular weight excluding hydrogens is 376 g/mol. The molecule has 0 radical (unpaired) electrons. The summed E-state index contributed by atoms with van der Waals surface area (Å²) in [6.07, 6.45) is 3.95. The zero-order chi connectivity index (χ0) is 20.3. The largest absolute Gasteiger partial charge is 0.453 e. The van der Waals surface area contributed by atoms with Crippen molar-refractivity contribution < 1.29 is 19.1 Å². The molecule has 0 atom stereocenters. The number of aryl methyl sites for hydroxylation is 3. The summed E-state index contributed by atoms with van der Waals surface area (Å²) in [5, 5.41) is 5.60. The molecule has 0 saturated carbocycles. The van der Waals surface area contributed by atoms with Crippen LogP contribution in [0.4, 0.5) is 9.80 Å². The van der Waals surface area contributed by atoms with Crippen LogP contribution in [0.15, 0.2) is 18.2 Å². The molecule has 0 aliphatic heterocycles. The number of methoxy groups -OCH3 is 1. The minimum absolute atomic E-state index is 0.272. The Morgan fingerprint density at radius 2 is 1.75 bits per heavy atom. The van der Waals surface area contributed by atoms with E-state index in [1.165, 1.54) is 18.4 Å². The first-order valence-electron chi connectivity index (χ1n) is 9.33. The Bertz CT molecular complexity index is 933. The highest BCUT2D eigenvalue weighted by atomic mass is 32.1. The van der Waals surface area contributed by atoms with Crippen molar-refractivity contribution in [2.75, 3.05) is 12.4 Å². The number of ether oxygens (including phenoxy) is 1. The van der Waals surface area contributed by atoms with Gasteiger partial charge in [0.2, 0.25) is 0 Å². The number of hydrogen-bond donors (Lipinski definition) is 2. The first-order chi connectivity index (χ1) is 13.4. The highest BCUT2D eigenvalue weighted by molar-refractivity contribution is 7.17. The third-order valence-electron chi connectivity index (χ3n) is 5.05. The number of carbonyl (C=O) groups excluding carboxylic acids is 3. The quantitative estimate of drug-likeness (QED) is 0.749. The molecular formula is C21H24N2O4S. The molecule has 28 heavy (non-hydrogen) atoms. The molecule has 2 N–H and O–H groups in total. The van der Waals surface area contributed by atoms with Gasteiger partial charge >= 0.3 is 6.09 Å². The van der Waals surface area contributed by atoms with Crippen LogP contribution in [0.1, 0.15) is 61.5 Å². The highest BCUT2D eigenvalue weighted by Gasteiger charge is 2.27. The van der Waals surface area contributed by atoms with E-state index in [1.54, 1.807) is 6.07 Å². The molecule has 0 spiro atoms. The summed E-state index contributed by atoms with van der Waals surface area (Å²) in [5.41, 5.74) is 3.98. The van der Waals surface area contributed by atoms with Crippen molar-refractivity contribution in [2.45, 2.75) is 46.0 Å². The van der Waals surface area contributed by atoms with Crippen LogP contribution in [0.25, 0.3) is 0 Å². The van der Waals surface area contributed by atoms with Crippen LogP contribution in [0.2, 0.25) is 0 Å². The van der Waals surface area contributed by atoms with Crippen LogP contribution in [-0.4, -0.2) is 25.0 Å². The van der Waals surface area contributed by atoms with Crippen LogP contribution in [0, 0.1) is 13.8 Å². The van der Waals surface area contributed by atoms with Crippen molar-refractivity contribution in [2.24, 2.45) is 0 Å². The lowest BCUT2D eigenvalue weighted by Gasteiger charge is -2.10. The van der Waals surface area contributed by atoms with Crippen molar-refractivity contribution in [1.82, 2.24) is 5.32 Å². The van der Waals surface area contributed by atoms with E-state index >= 15 is 0 Å². The average Bonchev–Trinajstić information content (AvgIpc) is 2.84. The Hall–Kier alpha value is -2.67. The van der Waals surface area contributed by atoms with Crippen molar-refractivity contribution in [3.8, 4) is 0 Å². The fourth-order valence-electron chi connectivity index (χ4n) is 3.34. The number of nitrogens with one attached hydrogen (secondary N) is 2. The number of imide groups is 1. The van der Waals surface area contributed by atoms with E-state index in [0.717, 1.165) is 53.7 Å². The normalized spacial score (nSPS) is 13.2. The van der Waals surface area contributed by atoms with Crippen molar-refractivity contribution in [3.05, 3.63) is 50.9 Å². The Kier molecular flexibility index (Phi) is 6.14. The zero-order valence-corrected chi connectivity index (χ0v) is 17.1. The number of alkyl carbamates (subject to hydrolysis) is 1. The van der Waals surface area contributed by atoms with Gasteiger partial charge in [-0.3, -0.25) is 14.9 Å². The van der Waals surface area contributed by atoms with Gasteiger partial charge in [0.1, 0.15) is 5.00 Å². The number of carbonyl (C=O) groups is 3. The van der Waals surface area contributed by atoms with Crippen molar-refractivity contribution in [3.63, 3.8) is 0 Å². The van der Waals surface area contributed by atoms with E-state index in [2.05, 4.69) is 15.4 Å². The molecule has 3 amide bonds. The maximum absolute atomic E-state index is 12.8. The molecule has 3 rings (SSSR count). The molecule has 6 nitrogen and oxygen atoms in total. The van der Waals surface area contributed by atoms with E-state index in [9.17, 15) is 14.4 Å². The number of amides is 3. The lowest BCUT2D eigenvalue weighted by molar-refractivity contribution is 0.0937. The minimum atomic E-state index is -0.815. The minimum Gasteiger partial charge on any atom is -0.453 e. The maximum atomic E-state index is 12.8. The molecule has 0 fully saturated rings. The topological polar surface area (TPSA) is 84.5 Å². The monoisotopic (exact) mass is 400 g/mol. The van der Waals surface area contributed by atoms with Gasteiger partial charge in [-0.1, -0.05) is 12.5 Å². The van der Waals surface area contributed by atoms with E-state index < -0.39 is 12.0 Å². The van der Waals surface area contributed by atoms with E-state index in [-0.39, 0.29) is 5.91 Å². The third-order valence-corrected chi connectivity index (χ3v) is 6.25. The molecule has 1 heterocycles. The van der Waals surface area contributed by atoms with Crippen LogP contribution >= 0.6 is 11.3 Å². The Morgan fingerprint density at radius 1 is 1.00 bits per heavy atom. The molecule has 1 aliphatic rings. The van der Waals surface area contributed by atoms with Gasteiger partial charge in [-0.15, -0.1) is 11.3 Å². The molecule has 1 aliphatic carbocycles. The first-order valence-corrected chi connectivity index (χ1v) is 10.1. The predicted molar refractivity (Wildman–Crippen MR) is 109 cm³/mol. The first kappa shape index (κ1) is 20.1. The second-order valence-corrected chi connectivity index (χ2v) is 8.07. The highest BCUT2D eigenvalue weighted by Crippen LogP contribution is 2.37. The second-order valence-electron chi connectivity index (χ2n) is 6.97. The van der Waals surface area contributed by atoms with E-state index in [1.807, 2.05) is 26.0 Å². The third kappa shape index (κ3) is 4.25. The van der Waals surface area contributed by atoms with Gasteiger partial charge in [0.25, 0.3) is 11.8 Å². The summed E-state index contributed by atoms with van der Waals surface area (Å²) >= 11 is 1.42. The molecule has 0 saturated heterocycles. The van der Waals surface area contributed by atoms with Gasteiger partial charge < -0.3 is 10.1 Å². The SMILES string of the molecule is COC(=O)NC(=O)c1c(NC(=O)c2ccc(C)c(C)c2)sc2c1CCCCC2. The van der Waals surface area contributed by atoms with E-state index in [4.69, 9.17) is 0 Å². The summed E-state index contributed by atoms with van der Waals surface area (Å²) in [4.78, 5) is 38.2. The number of rotatable bonds is 3. The summed E-state index contributed by atoms with van der Waals surface area (Å²) in [5.74, 6) is -0.812. The fourth-order valence-corrected chi connectivity index (χ4v) is 4.62. The lowest BCUT2D eigenvalue weighted by Crippen LogP contribution is -2.31. The Morgan fingerprint density at radius 3 is 2.46 bits per heavy atom. The predicted octanol–water partition coefficient (Wildman–Crippen LogP) is 4.38. The molecule has 148 valence electrons. The van der Waals surface area contributed by atoms with Crippen LogP contribution < -0.4 is 10.6 Å². The Balaban J connectivity index is 1.95. The van der Waals surface area contributed by atoms with Crippen LogP contribution in [0.5, 0.6) is 0 Å². The molecule has 0 unspecified atom stereocenters. The summed E-state index contributed by atoms with van der Waals surface area (Å²) < 4.78 is 4.55. The van der Waals surface area contributed by atoms with Gasteiger partial charge in [-0.25, -0.2) is 4.79 Å². The number of benzene rings is 1. The standard InChI is InChI=1S/C21H24N2O4S/c1-12-9-10-14(11-13(12)2)18(24)22-20-17(19(25)23-21(26)27-3)15-7-5-4-6-8-16(15)28-20/h9-11H,4-8H2,1-3H3,(H,22,24)(H,23,25,26). The van der Waals surface area contributed by atoms with Crippen LogP contribution in [0.3, 0.4) is 0 Å². The van der Waals surface area contributed by atoms with E-state index in [0.29, 0.717) is 16.1 Å². The lowest BCUT2D eigenvalue weighted by atomic mass is 10.0. The van der Waals surface area contributed by atoms with Gasteiger partial charge in [-0.2, -0.15) is 0 Å². The van der Waals surface area contributed by atoms with Gasteiger partial charge in [0.15, 0.2) is 0 Å². The number of anilines is 1. The molecule has 1 aromatic carbocycles. The number of thiophene rings is 1. The zero-order valence-electron chi connectivity index (χ0n) is 16.3. The number of fused-ring (bicyclic) bond motifs is 1. The molecule has 0 bridgehead atoms. The van der Waals surface area contributed by atoms with Crippen molar-refractivity contribution in [1.29, 1.82) is 0 Å². The molecule has 7 heteroatoms. The number of hydrogen-bond acceptors (Lipinski definition) is 5. The van der Waals surface area contributed by atoms with Crippen LogP contribution in [-0.2, 0) is 17.6 Å². The smallest absolute Gasteiger partial charge is 0.413 e. The second kappa shape index (κ2) is 8.56. The Labute approximate surface area is 168 Å². The van der Waals surface area contributed by atoms with Gasteiger partial charge in [-0.05, 0) is 68.4 Å². The summed E-state index contributed by atoms with van der Waals surface area (Å²) in [6, 6.07) is 5.50. The molecule has 1 aromatic heterocycles. The fraction of sp³-hybridized carbons (Fsp3) is 0.381. The molecule has 2 aromatic rings. The summed E-state index contributed by atoms with van der Waals surface area (Å²) in [6.45, 7) is 3.94. The van der Waals surface area contributed by atoms with Gasteiger partial charge in [0, 0.05) is 10.4 Å². The van der Waals surface area contributed by atoms with Crippen molar-refractivity contribution >= 4 is 34.2 Å². The van der Waals surface area contributed by atoms with Gasteiger partial charge in [0.05, 0.1) is 12.7 Å². The summed E-state index contributed by atoms with van der Waals surface area (Å²) in [7, 11) is 1.21. The average molecular weight is 401 g/mol.